The van der Waals surface area contributed by atoms with Crippen LogP contribution in [0.5, 0.6) is 0 Å². The van der Waals surface area contributed by atoms with Crippen LogP contribution in [0.3, 0.4) is 0 Å². The van der Waals surface area contributed by atoms with Crippen molar-refractivity contribution in [3.63, 3.8) is 0 Å². The minimum absolute atomic E-state index is 0.0454. The Kier molecular flexibility index (Phi) is 5.26. The van der Waals surface area contributed by atoms with Crippen molar-refractivity contribution in [3.05, 3.63) is 66.2 Å². The van der Waals surface area contributed by atoms with E-state index in [2.05, 4.69) is 35.7 Å². The topological polar surface area (TPSA) is 53.9 Å². The zero-order chi connectivity index (χ0) is 19.5. The summed E-state index contributed by atoms with van der Waals surface area (Å²) in [7, 11) is 0. The van der Waals surface area contributed by atoms with Gasteiger partial charge >= 0.3 is 0 Å². The fraction of sp³-hybridized carbons (Fsp3) is 0.304. The molecule has 144 valence electrons. The van der Waals surface area contributed by atoms with Crippen molar-refractivity contribution in [1.29, 1.82) is 0 Å². The Hall–Kier alpha value is -2.92. The van der Waals surface area contributed by atoms with Crippen LogP contribution >= 0.6 is 0 Å². The predicted molar refractivity (Wildman–Crippen MR) is 111 cm³/mol. The van der Waals surface area contributed by atoms with Crippen molar-refractivity contribution >= 4 is 28.8 Å². The average molecular weight is 376 g/mol. The number of hydrogen-bond donors (Lipinski definition) is 2. The number of fused-ring (bicyclic) bond motifs is 1. The number of carbonyl (C=O) groups excluding carboxylic acids is 2. The van der Waals surface area contributed by atoms with Crippen LogP contribution in [0.1, 0.15) is 25.3 Å². The molecule has 5 heteroatoms. The Balaban J connectivity index is 1.48. The number of para-hydroxylation sites is 2. The number of amides is 2. The van der Waals surface area contributed by atoms with Crippen molar-refractivity contribution in [2.75, 3.05) is 29.9 Å². The van der Waals surface area contributed by atoms with Crippen LogP contribution in [0.2, 0.25) is 0 Å². The van der Waals surface area contributed by atoms with E-state index in [0.29, 0.717) is 18.7 Å². The van der Waals surface area contributed by atoms with Crippen LogP contribution < -0.4 is 15.1 Å². The number of anilines is 2. The largest absolute Gasteiger partial charge is 0.324 e. The molecule has 2 N–H and O–H groups in total. The molecule has 0 fully saturated rings. The number of hydrogen-bond acceptors (Lipinski definition) is 2. The van der Waals surface area contributed by atoms with Crippen LogP contribution in [0.25, 0.3) is 5.57 Å². The number of quaternary nitrogens is 1. The quantitative estimate of drug-likeness (QED) is 0.862. The van der Waals surface area contributed by atoms with Crippen molar-refractivity contribution in [1.82, 2.24) is 0 Å². The molecule has 2 atom stereocenters. The van der Waals surface area contributed by atoms with Gasteiger partial charge in [-0.3, -0.25) is 9.59 Å². The molecule has 2 aliphatic rings. The Morgan fingerprint density at radius 1 is 1.14 bits per heavy atom. The van der Waals surface area contributed by atoms with Crippen LogP contribution in [0, 0.1) is 0 Å². The van der Waals surface area contributed by atoms with E-state index in [4.69, 9.17) is 0 Å². The molecule has 2 aliphatic heterocycles. The molecule has 2 amide bonds. The van der Waals surface area contributed by atoms with Crippen LogP contribution in [-0.2, 0) is 9.59 Å². The maximum atomic E-state index is 13.2. The molecule has 0 spiro atoms. The number of rotatable bonds is 3. The number of nitrogens with zero attached hydrogens (tertiary/aromatic N) is 1. The normalized spacial score (nSPS) is 22.0. The molecule has 0 aromatic heterocycles. The van der Waals surface area contributed by atoms with Crippen LogP contribution in [-0.4, -0.2) is 37.5 Å². The third-order valence-electron chi connectivity index (χ3n) is 5.56. The highest BCUT2D eigenvalue weighted by Crippen LogP contribution is 2.31. The van der Waals surface area contributed by atoms with Gasteiger partial charge in [0.1, 0.15) is 0 Å². The lowest BCUT2D eigenvalue weighted by molar-refractivity contribution is -0.886. The van der Waals surface area contributed by atoms with E-state index in [0.717, 1.165) is 25.2 Å². The van der Waals surface area contributed by atoms with E-state index in [1.165, 1.54) is 16.0 Å². The predicted octanol–water partition coefficient (Wildman–Crippen LogP) is 2.12. The highest BCUT2D eigenvalue weighted by Gasteiger charge is 2.31. The van der Waals surface area contributed by atoms with Gasteiger partial charge in [-0.05, 0) is 36.3 Å². The summed E-state index contributed by atoms with van der Waals surface area (Å²) >= 11 is 0. The molecule has 0 aliphatic carbocycles. The van der Waals surface area contributed by atoms with Gasteiger partial charge in [0, 0.05) is 18.9 Å². The molecule has 1 unspecified atom stereocenters. The lowest BCUT2D eigenvalue weighted by Gasteiger charge is -2.30. The molecule has 28 heavy (non-hydrogen) atoms. The molecule has 2 heterocycles. The summed E-state index contributed by atoms with van der Waals surface area (Å²) in [5, 5.41) is 2.92. The molecular weight excluding hydrogens is 350 g/mol. The molecule has 0 bridgehead atoms. The van der Waals surface area contributed by atoms with E-state index >= 15 is 0 Å². The zero-order valence-electron chi connectivity index (χ0n) is 16.2. The second-order valence-electron chi connectivity index (χ2n) is 7.61. The first-order valence-corrected chi connectivity index (χ1v) is 9.91. The summed E-state index contributed by atoms with van der Waals surface area (Å²) < 4.78 is 0. The summed E-state index contributed by atoms with van der Waals surface area (Å²) in [5.41, 5.74) is 4.14. The van der Waals surface area contributed by atoms with Crippen molar-refractivity contribution in [2.24, 2.45) is 0 Å². The lowest BCUT2D eigenvalue weighted by atomic mass is 9.99. The SMILES string of the molecule is C[C@H]1CC(=O)Nc2ccccc2N1C(=O)C[NH+]1CC=C(c2ccccc2)CC1. The van der Waals surface area contributed by atoms with Gasteiger partial charge in [0.2, 0.25) is 5.91 Å². The average Bonchev–Trinajstić information content (AvgIpc) is 2.83. The van der Waals surface area contributed by atoms with Gasteiger partial charge in [0.15, 0.2) is 6.54 Å². The van der Waals surface area contributed by atoms with Crippen molar-refractivity contribution in [3.8, 4) is 0 Å². The molecule has 2 aromatic carbocycles. The smallest absolute Gasteiger partial charge is 0.282 e. The first-order valence-electron chi connectivity index (χ1n) is 9.91. The molecule has 5 nitrogen and oxygen atoms in total. The summed E-state index contributed by atoms with van der Waals surface area (Å²) in [6, 6.07) is 17.8. The Labute approximate surface area is 165 Å². The maximum Gasteiger partial charge on any atom is 0.282 e. The van der Waals surface area contributed by atoms with E-state index in [-0.39, 0.29) is 17.9 Å². The minimum Gasteiger partial charge on any atom is -0.324 e. The second-order valence-corrected chi connectivity index (χ2v) is 7.61. The summed E-state index contributed by atoms with van der Waals surface area (Å²) in [6.07, 6.45) is 3.54. The first kappa shape index (κ1) is 18.4. The highest BCUT2D eigenvalue weighted by atomic mass is 16.2. The fourth-order valence-electron chi connectivity index (χ4n) is 4.12. The second kappa shape index (κ2) is 7.98. The Morgan fingerprint density at radius 2 is 1.89 bits per heavy atom. The highest BCUT2D eigenvalue weighted by molar-refractivity contribution is 6.04. The molecule has 0 radical (unpaired) electrons. The molecule has 0 saturated carbocycles. The maximum absolute atomic E-state index is 13.2. The molecule has 2 aromatic rings. The van der Waals surface area contributed by atoms with E-state index < -0.39 is 0 Å². The van der Waals surface area contributed by atoms with Crippen molar-refractivity contribution in [2.45, 2.75) is 25.8 Å². The van der Waals surface area contributed by atoms with Gasteiger partial charge in [-0.1, -0.05) is 42.5 Å². The van der Waals surface area contributed by atoms with Crippen molar-refractivity contribution < 1.29 is 14.5 Å². The first-order chi connectivity index (χ1) is 13.6. The van der Waals surface area contributed by atoms with Gasteiger partial charge in [-0.2, -0.15) is 0 Å². The third kappa shape index (κ3) is 3.85. The summed E-state index contributed by atoms with van der Waals surface area (Å²) in [5.74, 6) is 0.0269. The molecular formula is C23H26N3O2+. The zero-order valence-corrected chi connectivity index (χ0v) is 16.2. The van der Waals surface area contributed by atoms with Gasteiger partial charge < -0.3 is 15.1 Å². The molecule has 4 rings (SSSR count). The fourth-order valence-corrected chi connectivity index (χ4v) is 4.12. The van der Waals surface area contributed by atoms with Gasteiger partial charge in [-0.25, -0.2) is 0 Å². The molecule has 0 saturated heterocycles. The van der Waals surface area contributed by atoms with Crippen LogP contribution in [0.4, 0.5) is 11.4 Å². The third-order valence-corrected chi connectivity index (χ3v) is 5.56. The standard InChI is InChI=1S/C23H25N3O2/c1-17-15-22(27)24-20-9-5-6-10-21(20)26(17)23(28)16-25-13-11-19(12-14-25)18-7-3-2-4-8-18/h2-11,17H,12-16H2,1H3,(H,24,27)/p+1/t17-/m0/s1. The van der Waals surface area contributed by atoms with Gasteiger partial charge in [0.05, 0.1) is 24.5 Å². The Morgan fingerprint density at radius 3 is 2.64 bits per heavy atom. The number of nitrogens with one attached hydrogen (secondary N) is 2. The van der Waals surface area contributed by atoms with E-state index in [1.54, 1.807) is 4.90 Å². The number of carbonyl (C=O) groups is 2. The Bertz CT molecular complexity index is 907. The summed E-state index contributed by atoms with van der Waals surface area (Å²) in [6.45, 7) is 4.16. The summed E-state index contributed by atoms with van der Waals surface area (Å²) in [4.78, 5) is 28.4. The monoisotopic (exact) mass is 376 g/mol. The lowest BCUT2D eigenvalue weighted by Crippen LogP contribution is -3.13. The van der Waals surface area contributed by atoms with Crippen LogP contribution in [0.15, 0.2) is 60.7 Å². The minimum atomic E-state index is -0.157. The van der Waals surface area contributed by atoms with E-state index in [1.807, 2.05) is 37.3 Å². The number of benzene rings is 2. The van der Waals surface area contributed by atoms with Gasteiger partial charge in [-0.15, -0.1) is 0 Å². The van der Waals surface area contributed by atoms with E-state index in [9.17, 15) is 9.59 Å². The van der Waals surface area contributed by atoms with Gasteiger partial charge in [0.25, 0.3) is 5.91 Å².